The summed E-state index contributed by atoms with van der Waals surface area (Å²) < 4.78 is 0. The Bertz CT molecular complexity index is 324. The van der Waals surface area contributed by atoms with Crippen molar-refractivity contribution in [3.8, 4) is 0 Å². The minimum Gasteiger partial charge on any atom is -0.168 e. The van der Waals surface area contributed by atoms with Gasteiger partial charge in [0.15, 0.2) is 0 Å². The maximum atomic E-state index is 4.97. The normalized spacial score (nSPS) is 8.33. The maximum absolute atomic E-state index is 4.97. The van der Waals surface area contributed by atoms with Crippen molar-refractivity contribution in [1.82, 2.24) is 0 Å². The molecule has 0 aliphatic rings. The van der Waals surface area contributed by atoms with Gasteiger partial charge in [-0.2, -0.15) is 24.4 Å². The first-order valence-electron chi connectivity index (χ1n) is 4.35. The van der Waals surface area contributed by atoms with Crippen LogP contribution in [0, 0.1) is 6.92 Å². The Hall–Kier alpha value is 0.414. The molecule has 0 aromatic heterocycles. The molecule has 15 heavy (non-hydrogen) atoms. The number of rotatable bonds is 0. The average molecular weight is 298 g/mol. The molecule has 0 aliphatic heterocycles. The van der Waals surface area contributed by atoms with Gasteiger partial charge in [0, 0.05) is 0 Å². The molecule has 4 heteroatoms. The molecule has 0 N–H and O–H groups in total. The SMILES string of the molecule is [CH2-]C.[Cl][Ti]([Cl])[Cl].c1ccc2[cH-]ccc2c1. The van der Waals surface area contributed by atoms with E-state index in [0.29, 0.717) is 0 Å². The van der Waals surface area contributed by atoms with Crippen LogP contribution in [0.15, 0.2) is 42.5 Å². The second kappa shape index (κ2) is 9.63. The molecule has 0 spiro atoms. The Balaban J connectivity index is 0.000000282. The molecule has 0 amide bonds. The maximum Gasteiger partial charge on any atom is -0.0809 e. The van der Waals surface area contributed by atoms with Crippen molar-refractivity contribution in [2.75, 3.05) is 0 Å². The number of hydrogen-bond acceptors (Lipinski definition) is 0. The summed E-state index contributed by atoms with van der Waals surface area (Å²) in [6.07, 6.45) is 0. The van der Waals surface area contributed by atoms with Crippen molar-refractivity contribution in [2.24, 2.45) is 0 Å². The molecule has 2 rings (SSSR count). The van der Waals surface area contributed by atoms with Crippen LogP contribution in [-0.4, -0.2) is 0 Å². The zero-order chi connectivity index (χ0) is 11.7. The third-order valence-electron chi connectivity index (χ3n) is 1.55. The molecule has 0 saturated heterocycles. The molecule has 0 bridgehead atoms. The van der Waals surface area contributed by atoms with Gasteiger partial charge >= 0.3 is 42.6 Å². The second-order valence-corrected chi connectivity index (χ2v) is 10.1. The summed E-state index contributed by atoms with van der Waals surface area (Å²) in [7, 11) is 14.9. The smallest absolute Gasteiger partial charge is 0.0809 e. The molecule has 0 saturated carbocycles. The predicted molar refractivity (Wildman–Crippen MR) is 68.1 cm³/mol. The first kappa shape index (κ1) is 15.4. The average Bonchev–Trinajstić information content (AvgIpc) is 2.67. The van der Waals surface area contributed by atoms with Crippen molar-refractivity contribution < 1.29 is 14.7 Å². The van der Waals surface area contributed by atoms with E-state index in [1.165, 1.54) is 10.8 Å². The number of benzene rings is 1. The van der Waals surface area contributed by atoms with Crippen LogP contribution in [0.1, 0.15) is 6.92 Å². The van der Waals surface area contributed by atoms with Gasteiger partial charge in [-0.1, -0.05) is 6.07 Å². The van der Waals surface area contributed by atoms with Crippen LogP contribution in [0.5, 0.6) is 0 Å². The fourth-order valence-corrected chi connectivity index (χ4v) is 1.07. The Morgan fingerprint density at radius 2 is 1.60 bits per heavy atom. The van der Waals surface area contributed by atoms with Crippen molar-refractivity contribution in [3.05, 3.63) is 49.4 Å². The van der Waals surface area contributed by atoms with Crippen molar-refractivity contribution in [2.45, 2.75) is 6.92 Å². The fraction of sp³-hybridized carbons (Fsp3) is 0.0909. The van der Waals surface area contributed by atoms with Crippen LogP contribution in [-0.2, 0) is 14.7 Å². The zero-order valence-corrected chi connectivity index (χ0v) is 12.2. The molecule has 2 aromatic carbocycles. The van der Waals surface area contributed by atoms with E-state index in [-0.39, 0.29) is 0 Å². The summed E-state index contributed by atoms with van der Waals surface area (Å²) >= 11 is -1.92. The molecule has 0 unspecified atom stereocenters. The predicted octanol–water partition coefficient (Wildman–Crippen LogP) is 5.47. The number of hydrogen-bond donors (Lipinski definition) is 0. The molecule has 83 valence electrons. The van der Waals surface area contributed by atoms with Gasteiger partial charge in [-0.05, 0) is 0 Å². The van der Waals surface area contributed by atoms with Crippen LogP contribution < -0.4 is 0 Å². The molecule has 2 aromatic rings. The van der Waals surface area contributed by atoms with Gasteiger partial charge in [0.1, 0.15) is 0 Å². The van der Waals surface area contributed by atoms with E-state index in [9.17, 15) is 0 Å². The van der Waals surface area contributed by atoms with Crippen LogP contribution in [0.25, 0.3) is 10.8 Å². The standard InChI is InChI=1S/C9H7.C2H5.3ClH.Ti/c1-2-5-9-7-3-6-8(9)4-1;1-2;;;;/h1-7H;1H2,2H3;3*1H;/q2*-1;;;;+3/p-3. The van der Waals surface area contributed by atoms with Crippen LogP contribution in [0.3, 0.4) is 0 Å². The molecule has 0 aliphatic carbocycles. The molecule has 0 radical (unpaired) electrons. The van der Waals surface area contributed by atoms with E-state index in [1.54, 1.807) is 6.92 Å². The quantitative estimate of drug-likeness (QED) is 0.447. The Morgan fingerprint density at radius 3 is 2.13 bits per heavy atom. The number of halogens is 3. The monoisotopic (exact) mass is 297 g/mol. The minimum atomic E-state index is -1.92. The van der Waals surface area contributed by atoms with Gasteiger partial charge in [0.25, 0.3) is 0 Å². The molecular formula is C11H12Cl3Ti-2. The molecule has 0 fully saturated rings. The minimum absolute atomic E-state index is 1.33. The third-order valence-corrected chi connectivity index (χ3v) is 1.55. The van der Waals surface area contributed by atoms with Crippen LogP contribution >= 0.6 is 27.9 Å². The second-order valence-electron chi connectivity index (χ2n) is 2.37. The Labute approximate surface area is 109 Å². The van der Waals surface area contributed by atoms with Crippen molar-refractivity contribution in [3.63, 3.8) is 0 Å². The third kappa shape index (κ3) is 7.33. The largest absolute Gasteiger partial charge is 0.168 e. The first-order valence-corrected chi connectivity index (χ1v) is 10.8. The summed E-state index contributed by atoms with van der Waals surface area (Å²) in [6, 6.07) is 14.7. The summed E-state index contributed by atoms with van der Waals surface area (Å²) in [5.74, 6) is 0. The van der Waals surface area contributed by atoms with Gasteiger partial charge < -0.3 is 6.92 Å². The van der Waals surface area contributed by atoms with E-state index < -0.39 is 14.7 Å². The van der Waals surface area contributed by atoms with Gasteiger partial charge in [0.2, 0.25) is 0 Å². The summed E-state index contributed by atoms with van der Waals surface area (Å²) in [4.78, 5) is 0. The van der Waals surface area contributed by atoms with Crippen LogP contribution in [0.4, 0.5) is 0 Å². The summed E-state index contributed by atoms with van der Waals surface area (Å²) in [6.45, 7) is 5.00. The van der Waals surface area contributed by atoms with Gasteiger partial charge in [0.05, 0.1) is 0 Å². The van der Waals surface area contributed by atoms with Crippen LogP contribution in [0.2, 0.25) is 0 Å². The first-order chi connectivity index (χ1) is 7.20. The fourth-order valence-electron chi connectivity index (χ4n) is 1.07. The van der Waals surface area contributed by atoms with E-state index in [1.807, 2.05) is 0 Å². The molecule has 0 atom stereocenters. The van der Waals surface area contributed by atoms with E-state index in [4.69, 9.17) is 27.9 Å². The van der Waals surface area contributed by atoms with E-state index >= 15 is 0 Å². The Kier molecular flexibility index (Phi) is 9.89. The van der Waals surface area contributed by atoms with Gasteiger partial charge in [-0.15, -0.1) is 29.7 Å². The molecule has 0 heterocycles. The van der Waals surface area contributed by atoms with E-state index in [0.717, 1.165) is 0 Å². The molecular weight excluding hydrogens is 286 g/mol. The number of fused-ring (bicyclic) bond motifs is 1. The zero-order valence-electron chi connectivity index (χ0n) is 8.38. The molecule has 0 nitrogen and oxygen atoms in total. The summed E-state index contributed by atoms with van der Waals surface area (Å²) in [5, 5.41) is 2.66. The van der Waals surface area contributed by atoms with E-state index in [2.05, 4.69) is 49.4 Å². The topological polar surface area (TPSA) is 0 Å². The van der Waals surface area contributed by atoms with Gasteiger partial charge in [-0.3, -0.25) is 0 Å². The van der Waals surface area contributed by atoms with Crippen molar-refractivity contribution >= 4 is 38.7 Å². The van der Waals surface area contributed by atoms with Crippen molar-refractivity contribution in [1.29, 1.82) is 0 Å². The summed E-state index contributed by atoms with van der Waals surface area (Å²) in [5.41, 5.74) is 0. The Morgan fingerprint density at radius 1 is 1.07 bits per heavy atom. The van der Waals surface area contributed by atoms with Gasteiger partial charge in [-0.25, -0.2) is 0 Å².